The van der Waals surface area contributed by atoms with Crippen molar-refractivity contribution in [3.05, 3.63) is 0 Å². The molecule has 0 aromatic heterocycles. The molecule has 1 fully saturated rings. The molecule has 2 nitrogen and oxygen atoms in total. The highest BCUT2D eigenvalue weighted by Crippen LogP contribution is 2.21. The maximum Gasteiger partial charge on any atom is 0.222 e. The fraction of sp³-hybridized carbons (Fsp3) is 0.900. The first-order valence-electron chi connectivity index (χ1n) is 5.01. The molecule has 1 aliphatic rings. The van der Waals surface area contributed by atoms with Crippen LogP contribution in [0.5, 0.6) is 0 Å². The Balaban J connectivity index is 2.20. The van der Waals surface area contributed by atoms with Crippen molar-refractivity contribution in [2.75, 3.05) is 7.05 Å². The Labute approximate surface area is 74.9 Å². The van der Waals surface area contributed by atoms with Gasteiger partial charge >= 0.3 is 0 Å². The van der Waals surface area contributed by atoms with Crippen LogP contribution < -0.4 is 0 Å². The molecule has 1 amide bonds. The minimum atomic E-state index is 0.330. The lowest BCUT2D eigenvalue weighted by Crippen LogP contribution is -2.28. The van der Waals surface area contributed by atoms with Crippen LogP contribution in [0.2, 0.25) is 0 Å². The summed E-state index contributed by atoms with van der Waals surface area (Å²) < 4.78 is 0. The smallest absolute Gasteiger partial charge is 0.222 e. The fourth-order valence-electron chi connectivity index (χ4n) is 1.83. The Morgan fingerprint density at radius 1 is 1.50 bits per heavy atom. The van der Waals surface area contributed by atoms with E-state index in [1.165, 1.54) is 25.7 Å². The summed E-state index contributed by atoms with van der Waals surface area (Å²) in [5.74, 6) is 0.330. The quantitative estimate of drug-likeness (QED) is 0.591. The zero-order chi connectivity index (χ0) is 8.97. The maximum atomic E-state index is 11.1. The Hall–Kier alpha value is -0.530. The van der Waals surface area contributed by atoms with Crippen molar-refractivity contribution in [2.45, 2.75) is 51.5 Å². The Bertz CT molecular complexity index is 156. The molecule has 0 aliphatic carbocycles. The molecule has 1 rings (SSSR count). The van der Waals surface area contributed by atoms with Crippen LogP contribution in [-0.4, -0.2) is 23.9 Å². The number of unbranched alkanes of at least 4 members (excludes halogenated alkanes) is 2. The lowest BCUT2D eigenvalue weighted by atomic mass is 10.1. The van der Waals surface area contributed by atoms with Crippen LogP contribution in [0, 0.1) is 0 Å². The van der Waals surface area contributed by atoms with Gasteiger partial charge in [0.25, 0.3) is 0 Å². The topological polar surface area (TPSA) is 20.3 Å². The molecule has 1 saturated heterocycles. The van der Waals surface area contributed by atoms with Crippen LogP contribution >= 0.6 is 0 Å². The monoisotopic (exact) mass is 169 g/mol. The van der Waals surface area contributed by atoms with Gasteiger partial charge in [-0.25, -0.2) is 0 Å². The number of rotatable bonds is 4. The number of amides is 1. The van der Waals surface area contributed by atoms with Crippen molar-refractivity contribution < 1.29 is 4.79 Å². The second-order valence-corrected chi connectivity index (χ2v) is 3.69. The Morgan fingerprint density at radius 2 is 2.25 bits per heavy atom. The van der Waals surface area contributed by atoms with E-state index in [0.29, 0.717) is 11.9 Å². The Morgan fingerprint density at radius 3 is 2.75 bits per heavy atom. The van der Waals surface area contributed by atoms with E-state index in [1.54, 1.807) is 0 Å². The van der Waals surface area contributed by atoms with Gasteiger partial charge < -0.3 is 4.90 Å². The summed E-state index contributed by atoms with van der Waals surface area (Å²) in [7, 11) is 1.94. The van der Waals surface area contributed by atoms with Crippen molar-refractivity contribution in [2.24, 2.45) is 0 Å². The molecule has 0 saturated carbocycles. The average Bonchev–Trinajstić information content (AvgIpc) is 2.36. The molecule has 70 valence electrons. The first-order valence-corrected chi connectivity index (χ1v) is 5.01. The molecule has 0 N–H and O–H groups in total. The second-order valence-electron chi connectivity index (χ2n) is 3.69. The zero-order valence-electron chi connectivity index (χ0n) is 8.18. The van der Waals surface area contributed by atoms with Crippen LogP contribution in [0.3, 0.4) is 0 Å². The number of hydrogen-bond donors (Lipinski definition) is 0. The van der Waals surface area contributed by atoms with Crippen LogP contribution in [0.25, 0.3) is 0 Å². The van der Waals surface area contributed by atoms with Gasteiger partial charge in [-0.2, -0.15) is 0 Å². The van der Waals surface area contributed by atoms with E-state index in [4.69, 9.17) is 0 Å². The highest BCUT2D eigenvalue weighted by molar-refractivity contribution is 5.78. The van der Waals surface area contributed by atoms with Crippen molar-refractivity contribution in [1.29, 1.82) is 0 Å². The molecule has 1 atom stereocenters. The molecule has 1 heterocycles. The minimum Gasteiger partial charge on any atom is -0.343 e. The fourth-order valence-corrected chi connectivity index (χ4v) is 1.83. The molecule has 0 radical (unpaired) electrons. The molecule has 1 aliphatic heterocycles. The van der Waals surface area contributed by atoms with Crippen molar-refractivity contribution in [3.8, 4) is 0 Å². The summed E-state index contributed by atoms with van der Waals surface area (Å²) in [4.78, 5) is 13.1. The van der Waals surface area contributed by atoms with Gasteiger partial charge in [0.2, 0.25) is 5.91 Å². The number of likely N-dealkylation sites (tertiary alicyclic amines) is 1. The molecule has 0 unspecified atom stereocenters. The predicted octanol–water partition coefficient (Wildman–Crippen LogP) is 2.19. The summed E-state index contributed by atoms with van der Waals surface area (Å²) in [6.45, 7) is 2.21. The molecule has 2 heteroatoms. The number of hydrogen-bond acceptors (Lipinski definition) is 1. The largest absolute Gasteiger partial charge is 0.343 e. The van der Waals surface area contributed by atoms with Crippen molar-refractivity contribution in [1.82, 2.24) is 4.90 Å². The van der Waals surface area contributed by atoms with Gasteiger partial charge in [0.15, 0.2) is 0 Å². The summed E-state index contributed by atoms with van der Waals surface area (Å²) in [5.41, 5.74) is 0. The van der Waals surface area contributed by atoms with E-state index in [2.05, 4.69) is 6.92 Å². The van der Waals surface area contributed by atoms with Gasteiger partial charge in [0, 0.05) is 19.5 Å². The first kappa shape index (κ1) is 9.56. The standard InChI is InChI=1S/C10H19NO/c1-3-4-5-6-9-7-8-10(12)11(9)2/h9H,3-8H2,1-2H3/t9-/m1/s1. The van der Waals surface area contributed by atoms with Crippen LogP contribution in [0.4, 0.5) is 0 Å². The first-order chi connectivity index (χ1) is 5.75. The third-order valence-electron chi connectivity index (χ3n) is 2.77. The lowest BCUT2D eigenvalue weighted by molar-refractivity contribution is -0.127. The third-order valence-corrected chi connectivity index (χ3v) is 2.77. The molecule has 12 heavy (non-hydrogen) atoms. The van der Waals surface area contributed by atoms with Gasteiger partial charge in [0.05, 0.1) is 0 Å². The molecule has 0 aromatic rings. The molecular weight excluding hydrogens is 150 g/mol. The summed E-state index contributed by atoms with van der Waals surface area (Å²) >= 11 is 0. The minimum absolute atomic E-state index is 0.330. The number of carbonyl (C=O) groups is 1. The van der Waals surface area contributed by atoms with E-state index in [0.717, 1.165) is 12.8 Å². The molecule has 0 aromatic carbocycles. The van der Waals surface area contributed by atoms with E-state index in [1.807, 2.05) is 11.9 Å². The Kier molecular flexibility index (Phi) is 3.57. The third kappa shape index (κ3) is 2.23. The van der Waals surface area contributed by atoms with E-state index in [9.17, 15) is 4.79 Å². The highest BCUT2D eigenvalue weighted by Gasteiger charge is 2.26. The molecule has 0 bridgehead atoms. The van der Waals surface area contributed by atoms with Crippen molar-refractivity contribution >= 4 is 5.91 Å². The molecule has 0 spiro atoms. The van der Waals surface area contributed by atoms with Crippen LogP contribution in [-0.2, 0) is 4.79 Å². The van der Waals surface area contributed by atoms with E-state index in [-0.39, 0.29) is 0 Å². The average molecular weight is 169 g/mol. The predicted molar refractivity (Wildman–Crippen MR) is 49.9 cm³/mol. The normalized spacial score (nSPS) is 23.7. The van der Waals surface area contributed by atoms with Crippen LogP contribution in [0.1, 0.15) is 45.4 Å². The summed E-state index contributed by atoms with van der Waals surface area (Å²) in [6.07, 6.45) is 6.91. The maximum absolute atomic E-state index is 11.1. The van der Waals surface area contributed by atoms with E-state index < -0.39 is 0 Å². The van der Waals surface area contributed by atoms with E-state index >= 15 is 0 Å². The van der Waals surface area contributed by atoms with Crippen molar-refractivity contribution in [3.63, 3.8) is 0 Å². The highest BCUT2D eigenvalue weighted by atomic mass is 16.2. The summed E-state index contributed by atoms with van der Waals surface area (Å²) in [6, 6.07) is 0.545. The van der Waals surface area contributed by atoms with Crippen LogP contribution in [0.15, 0.2) is 0 Å². The lowest BCUT2D eigenvalue weighted by Gasteiger charge is -2.19. The summed E-state index contributed by atoms with van der Waals surface area (Å²) in [5, 5.41) is 0. The van der Waals surface area contributed by atoms with Gasteiger partial charge in [-0.05, 0) is 12.8 Å². The SMILES string of the molecule is CCCCC[C@@H]1CCC(=O)N1C. The second kappa shape index (κ2) is 4.48. The van der Waals surface area contributed by atoms with Gasteiger partial charge in [-0.1, -0.05) is 26.2 Å². The molecular formula is C10H19NO. The van der Waals surface area contributed by atoms with Gasteiger partial charge in [0.1, 0.15) is 0 Å². The zero-order valence-corrected chi connectivity index (χ0v) is 8.18. The number of nitrogens with zero attached hydrogens (tertiary/aromatic N) is 1. The van der Waals surface area contributed by atoms with Gasteiger partial charge in [-0.3, -0.25) is 4.79 Å². The van der Waals surface area contributed by atoms with Gasteiger partial charge in [-0.15, -0.1) is 0 Å². The number of carbonyl (C=O) groups excluding carboxylic acids is 1.